The average Bonchev–Trinajstić information content (AvgIpc) is 2.29. The van der Waals surface area contributed by atoms with Crippen LogP contribution in [0.5, 0.6) is 0 Å². The SMILES string of the molecule is OCc1ccnc(-c2cccc(F)c2)c1. The summed E-state index contributed by atoms with van der Waals surface area (Å²) in [5.41, 5.74) is 2.15. The van der Waals surface area contributed by atoms with Gasteiger partial charge in [-0.25, -0.2) is 4.39 Å². The number of rotatable bonds is 2. The van der Waals surface area contributed by atoms with E-state index < -0.39 is 0 Å². The second kappa shape index (κ2) is 4.19. The van der Waals surface area contributed by atoms with Crippen LogP contribution in [0.3, 0.4) is 0 Å². The van der Waals surface area contributed by atoms with Gasteiger partial charge < -0.3 is 5.11 Å². The summed E-state index contributed by atoms with van der Waals surface area (Å²) < 4.78 is 13.0. The normalized spacial score (nSPS) is 10.3. The number of hydrogen-bond acceptors (Lipinski definition) is 2. The summed E-state index contributed by atoms with van der Waals surface area (Å²) in [6, 6.07) is 9.70. The van der Waals surface area contributed by atoms with Gasteiger partial charge in [-0.15, -0.1) is 0 Å². The molecule has 0 amide bonds. The molecule has 0 aliphatic carbocycles. The third kappa shape index (κ3) is 2.19. The summed E-state index contributed by atoms with van der Waals surface area (Å²) in [6.45, 7) is -0.0369. The van der Waals surface area contributed by atoms with Gasteiger partial charge in [0.2, 0.25) is 0 Å². The van der Waals surface area contributed by atoms with Crippen LogP contribution in [0.25, 0.3) is 11.3 Å². The zero-order chi connectivity index (χ0) is 10.7. The Hall–Kier alpha value is -1.74. The number of nitrogens with zero attached hydrogens (tertiary/aromatic N) is 1. The van der Waals surface area contributed by atoms with E-state index in [2.05, 4.69) is 4.98 Å². The minimum absolute atomic E-state index is 0.0369. The fourth-order valence-electron chi connectivity index (χ4n) is 1.38. The van der Waals surface area contributed by atoms with E-state index in [4.69, 9.17) is 5.11 Å². The van der Waals surface area contributed by atoms with Crippen LogP contribution in [0.15, 0.2) is 42.6 Å². The fraction of sp³-hybridized carbons (Fsp3) is 0.0833. The van der Waals surface area contributed by atoms with Gasteiger partial charge in [0, 0.05) is 11.8 Å². The molecule has 0 radical (unpaired) electrons. The number of aliphatic hydroxyl groups is 1. The average molecular weight is 203 g/mol. The zero-order valence-corrected chi connectivity index (χ0v) is 8.02. The predicted molar refractivity (Wildman–Crippen MR) is 55.6 cm³/mol. The molecule has 2 rings (SSSR count). The number of hydrogen-bond donors (Lipinski definition) is 1. The molecular weight excluding hydrogens is 193 g/mol. The highest BCUT2D eigenvalue weighted by atomic mass is 19.1. The lowest BCUT2D eigenvalue weighted by Crippen LogP contribution is -1.88. The minimum atomic E-state index is -0.288. The topological polar surface area (TPSA) is 33.1 Å². The van der Waals surface area contributed by atoms with Gasteiger partial charge in [-0.3, -0.25) is 4.98 Å². The summed E-state index contributed by atoms with van der Waals surface area (Å²) in [4.78, 5) is 4.12. The molecule has 2 nitrogen and oxygen atoms in total. The maximum absolute atomic E-state index is 13.0. The van der Waals surface area contributed by atoms with Crippen LogP contribution >= 0.6 is 0 Å². The van der Waals surface area contributed by atoms with Crippen molar-refractivity contribution in [2.24, 2.45) is 0 Å². The minimum Gasteiger partial charge on any atom is -0.392 e. The molecular formula is C12H10FNO. The van der Waals surface area contributed by atoms with Crippen LogP contribution in [-0.4, -0.2) is 10.1 Å². The molecule has 1 aromatic heterocycles. The van der Waals surface area contributed by atoms with Gasteiger partial charge in [0.1, 0.15) is 5.82 Å². The molecule has 2 aromatic rings. The van der Waals surface area contributed by atoms with Crippen molar-refractivity contribution >= 4 is 0 Å². The molecule has 0 unspecified atom stereocenters. The Morgan fingerprint density at radius 3 is 2.80 bits per heavy atom. The van der Waals surface area contributed by atoms with E-state index in [9.17, 15) is 4.39 Å². The first-order valence-corrected chi connectivity index (χ1v) is 4.61. The number of halogens is 1. The Labute approximate surface area is 87.0 Å². The van der Waals surface area contributed by atoms with Crippen LogP contribution in [0.4, 0.5) is 4.39 Å². The predicted octanol–water partition coefficient (Wildman–Crippen LogP) is 2.38. The lowest BCUT2D eigenvalue weighted by molar-refractivity contribution is 0.282. The van der Waals surface area contributed by atoms with Gasteiger partial charge in [0.15, 0.2) is 0 Å². The van der Waals surface area contributed by atoms with E-state index in [1.807, 2.05) is 0 Å². The van der Waals surface area contributed by atoms with Crippen LogP contribution in [0.2, 0.25) is 0 Å². The Morgan fingerprint density at radius 1 is 1.20 bits per heavy atom. The van der Waals surface area contributed by atoms with Crippen molar-refractivity contribution < 1.29 is 9.50 Å². The first kappa shape index (κ1) is 9.80. The standard InChI is InChI=1S/C12H10FNO/c13-11-3-1-2-10(7-11)12-6-9(8-15)4-5-14-12/h1-7,15H,8H2. The smallest absolute Gasteiger partial charge is 0.123 e. The molecule has 0 saturated carbocycles. The number of benzene rings is 1. The lowest BCUT2D eigenvalue weighted by Gasteiger charge is -2.02. The second-order valence-electron chi connectivity index (χ2n) is 3.22. The molecule has 76 valence electrons. The molecule has 1 N–H and O–H groups in total. The van der Waals surface area contributed by atoms with Gasteiger partial charge in [0.05, 0.1) is 12.3 Å². The third-order valence-electron chi connectivity index (χ3n) is 2.13. The Kier molecular flexibility index (Phi) is 2.74. The molecule has 0 fully saturated rings. The van der Waals surface area contributed by atoms with Crippen molar-refractivity contribution in [1.82, 2.24) is 4.98 Å². The molecule has 3 heteroatoms. The van der Waals surface area contributed by atoms with Crippen molar-refractivity contribution in [3.05, 3.63) is 54.0 Å². The number of pyridine rings is 1. The van der Waals surface area contributed by atoms with Gasteiger partial charge in [-0.1, -0.05) is 12.1 Å². The Morgan fingerprint density at radius 2 is 2.07 bits per heavy atom. The van der Waals surface area contributed by atoms with Crippen LogP contribution in [0, 0.1) is 5.82 Å². The first-order valence-electron chi connectivity index (χ1n) is 4.61. The highest BCUT2D eigenvalue weighted by molar-refractivity contribution is 5.59. The number of aromatic nitrogens is 1. The highest BCUT2D eigenvalue weighted by Crippen LogP contribution is 2.18. The van der Waals surface area contributed by atoms with Crippen molar-refractivity contribution in [2.45, 2.75) is 6.61 Å². The molecule has 0 aliphatic heterocycles. The second-order valence-corrected chi connectivity index (χ2v) is 3.22. The van der Waals surface area contributed by atoms with Crippen molar-refractivity contribution in [2.75, 3.05) is 0 Å². The Balaban J connectivity index is 2.44. The molecule has 15 heavy (non-hydrogen) atoms. The van der Waals surface area contributed by atoms with E-state index in [-0.39, 0.29) is 12.4 Å². The summed E-state index contributed by atoms with van der Waals surface area (Å²) in [6.07, 6.45) is 1.60. The van der Waals surface area contributed by atoms with Crippen molar-refractivity contribution in [3.63, 3.8) is 0 Å². The highest BCUT2D eigenvalue weighted by Gasteiger charge is 2.01. The summed E-state index contributed by atoms with van der Waals surface area (Å²) in [5, 5.41) is 8.96. The van der Waals surface area contributed by atoms with E-state index in [0.29, 0.717) is 11.3 Å². The van der Waals surface area contributed by atoms with Crippen LogP contribution in [-0.2, 0) is 6.61 Å². The number of aliphatic hydroxyl groups excluding tert-OH is 1. The summed E-state index contributed by atoms with van der Waals surface area (Å²) >= 11 is 0. The van der Waals surface area contributed by atoms with Crippen LogP contribution in [0.1, 0.15) is 5.56 Å². The van der Waals surface area contributed by atoms with E-state index in [0.717, 1.165) is 5.56 Å². The molecule has 1 heterocycles. The third-order valence-corrected chi connectivity index (χ3v) is 2.13. The maximum Gasteiger partial charge on any atom is 0.123 e. The van der Waals surface area contributed by atoms with Gasteiger partial charge in [-0.05, 0) is 29.8 Å². The van der Waals surface area contributed by atoms with Gasteiger partial charge >= 0.3 is 0 Å². The summed E-state index contributed by atoms with van der Waals surface area (Å²) in [7, 11) is 0. The van der Waals surface area contributed by atoms with Gasteiger partial charge in [-0.2, -0.15) is 0 Å². The molecule has 1 aromatic carbocycles. The van der Waals surface area contributed by atoms with E-state index in [1.165, 1.54) is 12.1 Å². The van der Waals surface area contributed by atoms with Crippen molar-refractivity contribution in [1.29, 1.82) is 0 Å². The van der Waals surface area contributed by atoms with E-state index >= 15 is 0 Å². The molecule has 0 spiro atoms. The molecule has 0 saturated heterocycles. The zero-order valence-electron chi connectivity index (χ0n) is 8.02. The molecule has 0 aliphatic rings. The monoisotopic (exact) mass is 203 g/mol. The van der Waals surface area contributed by atoms with Gasteiger partial charge in [0.25, 0.3) is 0 Å². The van der Waals surface area contributed by atoms with Crippen LogP contribution < -0.4 is 0 Å². The first-order chi connectivity index (χ1) is 7.29. The molecule has 0 bridgehead atoms. The lowest BCUT2D eigenvalue weighted by atomic mass is 10.1. The largest absolute Gasteiger partial charge is 0.392 e. The maximum atomic E-state index is 13.0. The van der Waals surface area contributed by atoms with Crippen molar-refractivity contribution in [3.8, 4) is 11.3 Å². The fourth-order valence-corrected chi connectivity index (χ4v) is 1.38. The molecule has 0 atom stereocenters. The quantitative estimate of drug-likeness (QED) is 0.812. The summed E-state index contributed by atoms with van der Waals surface area (Å²) in [5.74, 6) is -0.288. The Bertz CT molecular complexity index is 471. The van der Waals surface area contributed by atoms with E-state index in [1.54, 1.807) is 30.5 Å².